The first-order valence-corrected chi connectivity index (χ1v) is 6.33. The number of aromatic amines is 1. The summed E-state index contributed by atoms with van der Waals surface area (Å²) in [7, 11) is 0. The van der Waals surface area contributed by atoms with Crippen LogP contribution in [-0.4, -0.2) is 29.1 Å². The summed E-state index contributed by atoms with van der Waals surface area (Å²) in [6, 6.07) is 1.62. The van der Waals surface area contributed by atoms with E-state index < -0.39 is 17.5 Å². The summed E-state index contributed by atoms with van der Waals surface area (Å²) in [6.45, 7) is 9.24. The van der Waals surface area contributed by atoms with E-state index in [1.54, 1.807) is 46.9 Å². The van der Waals surface area contributed by atoms with Crippen LogP contribution in [0.15, 0.2) is 12.3 Å². The van der Waals surface area contributed by atoms with Crippen molar-refractivity contribution in [3.05, 3.63) is 23.5 Å². The monoisotopic (exact) mass is 267 g/mol. The highest BCUT2D eigenvalue weighted by Gasteiger charge is 2.22. The molecule has 0 amide bonds. The van der Waals surface area contributed by atoms with Crippen LogP contribution in [0.2, 0.25) is 0 Å². The first-order valence-electron chi connectivity index (χ1n) is 6.33. The van der Waals surface area contributed by atoms with Crippen LogP contribution in [0, 0.1) is 0 Å². The van der Waals surface area contributed by atoms with E-state index in [-0.39, 0.29) is 5.97 Å². The van der Waals surface area contributed by atoms with E-state index in [9.17, 15) is 9.59 Å². The summed E-state index contributed by atoms with van der Waals surface area (Å²) in [6.07, 6.45) is 1.63. The van der Waals surface area contributed by atoms with E-state index in [0.29, 0.717) is 17.9 Å². The molecule has 0 saturated heterocycles. The van der Waals surface area contributed by atoms with Gasteiger partial charge in [0.25, 0.3) is 0 Å². The molecule has 1 rings (SSSR count). The molecule has 5 nitrogen and oxygen atoms in total. The quantitative estimate of drug-likeness (QED) is 0.851. The molecule has 0 aliphatic heterocycles. The normalized spacial score (nSPS) is 12.9. The van der Waals surface area contributed by atoms with Crippen molar-refractivity contribution >= 4 is 11.9 Å². The zero-order valence-corrected chi connectivity index (χ0v) is 12.1. The first-order chi connectivity index (χ1) is 8.74. The maximum Gasteiger partial charge on any atom is 0.355 e. The number of ether oxygens (including phenoxy) is 2. The second-order valence-corrected chi connectivity index (χ2v) is 5.32. The average Bonchev–Trinajstić information content (AvgIpc) is 2.75. The van der Waals surface area contributed by atoms with Gasteiger partial charge in [0.05, 0.1) is 12.5 Å². The maximum atomic E-state index is 11.8. The molecular formula is C14H21NO4. The number of carbonyl (C=O) groups excluding carboxylic acids is 2. The zero-order valence-electron chi connectivity index (χ0n) is 12.1. The summed E-state index contributed by atoms with van der Waals surface area (Å²) in [5.74, 6) is -1.15. The number of hydrogen-bond donors (Lipinski definition) is 1. The van der Waals surface area contributed by atoms with Gasteiger partial charge in [-0.3, -0.25) is 4.79 Å². The van der Waals surface area contributed by atoms with Crippen molar-refractivity contribution in [3.8, 4) is 0 Å². The highest BCUT2D eigenvalue weighted by atomic mass is 16.6. The van der Waals surface area contributed by atoms with Crippen LogP contribution in [0.25, 0.3) is 0 Å². The zero-order chi connectivity index (χ0) is 14.6. The lowest BCUT2D eigenvalue weighted by molar-refractivity contribution is -0.144. The number of H-pyrrole nitrogens is 1. The third kappa shape index (κ3) is 4.43. The lowest BCUT2D eigenvalue weighted by Gasteiger charge is -2.18. The van der Waals surface area contributed by atoms with Gasteiger partial charge in [-0.05, 0) is 46.2 Å². The summed E-state index contributed by atoms with van der Waals surface area (Å²) >= 11 is 0. The van der Waals surface area contributed by atoms with Gasteiger partial charge in [-0.25, -0.2) is 4.79 Å². The first kappa shape index (κ1) is 15.3. The highest BCUT2D eigenvalue weighted by Crippen LogP contribution is 2.19. The minimum Gasteiger partial charge on any atom is -0.466 e. The molecule has 0 saturated carbocycles. The largest absolute Gasteiger partial charge is 0.466 e. The Morgan fingerprint density at radius 3 is 2.53 bits per heavy atom. The van der Waals surface area contributed by atoms with Crippen LogP contribution < -0.4 is 0 Å². The molecule has 0 aromatic carbocycles. The summed E-state index contributed by atoms with van der Waals surface area (Å²) in [4.78, 5) is 26.2. The molecule has 0 fully saturated rings. The van der Waals surface area contributed by atoms with Crippen LogP contribution >= 0.6 is 0 Å². The van der Waals surface area contributed by atoms with E-state index >= 15 is 0 Å². The van der Waals surface area contributed by atoms with Crippen LogP contribution in [0.4, 0.5) is 0 Å². The number of hydrogen-bond acceptors (Lipinski definition) is 4. The number of carbonyl (C=O) groups is 2. The number of nitrogens with one attached hydrogen (secondary N) is 1. The second kappa shape index (κ2) is 5.91. The molecular weight excluding hydrogens is 246 g/mol. The fraction of sp³-hybridized carbons (Fsp3) is 0.571. The Hall–Kier alpha value is -1.78. The summed E-state index contributed by atoms with van der Waals surface area (Å²) < 4.78 is 10.2. The molecule has 0 aliphatic rings. The van der Waals surface area contributed by atoms with Gasteiger partial charge >= 0.3 is 11.9 Å². The minimum atomic E-state index is -0.547. The fourth-order valence-electron chi connectivity index (χ4n) is 1.52. The van der Waals surface area contributed by atoms with Gasteiger partial charge in [-0.1, -0.05) is 0 Å². The smallest absolute Gasteiger partial charge is 0.355 e. The van der Waals surface area contributed by atoms with E-state index in [1.807, 2.05) is 0 Å². The van der Waals surface area contributed by atoms with Crippen LogP contribution in [0.1, 0.15) is 56.6 Å². The molecule has 0 radical (unpaired) electrons. The van der Waals surface area contributed by atoms with E-state index in [4.69, 9.17) is 9.47 Å². The van der Waals surface area contributed by atoms with Crippen molar-refractivity contribution in [3.63, 3.8) is 0 Å². The Bertz CT molecular complexity index is 456. The molecule has 0 bridgehead atoms. The molecule has 1 atom stereocenters. The van der Waals surface area contributed by atoms with Gasteiger partial charge in [0.2, 0.25) is 0 Å². The number of rotatable bonds is 4. The Morgan fingerprint density at radius 1 is 1.37 bits per heavy atom. The van der Waals surface area contributed by atoms with Gasteiger partial charge in [0, 0.05) is 6.20 Å². The SMILES string of the molecule is CCOC(=O)C(C)c1c[nH]c(C(=O)OC(C)(C)C)c1. The maximum absolute atomic E-state index is 11.8. The Labute approximate surface area is 113 Å². The lowest BCUT2D eigenvalue weighted by Crippen LogP contribution is -2.24. The van der Waals surface area contributed by atoms with Crippen molar-refractivity contribution in [2.45, 2.75) is 46.1 Å². The Balaban J connectivity index is 2.77. The van der Waals surface area contributed by atoms with Gasteiger partial charge < -0.3 is 14.5 Å². The second-order valence-electron chi connectivity index (χ2n) is 5.32. The van der Waals surface area contributed by atoms with E-state index in [2.05, 4.69) is 4.98 Å². The Morgan fingerprint density at radius 2 is 2.00 bits per heavy atom. The van der Waals surface area contributed by atoms with Crippen LogP contribution in [0.3, 0.4) is 0 Å². The molecule has 0 spiro atoms. The van der Waals surface area contributed by atoms with Crippen LogP contribution in [0.5, 0.6) is 0 Å². The molecule has 106 valence electrons. The van der Waals surface area contributed by atoms with E-state index in [1.165, 1.54) is 0 Å². The minimum absolute atomic E-state index is 0.308. The third-order valence-electron chi connectivity index (χ3n) is 2.46. The average molecular weight is 267 g/mol. The molecule has 5 heteroatoms. The molecule has 0 aliphatic carbocycles. The van der Waals surface area contributed by atoms with Gasteiger partial charge in [-0.2, -0.15) is 0 Å². The Kier molecular flexibility index (Phi) is 4.75. The standard InChI is InChI=1S/C14H21NO4/c1-6-18-12(16)9(2)10-7-11(15-8-10)13(17)19-14(3,4)5/h7-9,15H,6H2,1-5H3. The van der Waals surface area contributed by atoms with Crippen molar-refractivity contribution in [2.24, 2.45) is 0 Å². The topological polar surface area (TPSA) is 68.4 Å². The van der Waals surface area contributed by atoms with Gasteiger partial charge in [-0.15, -0.1) is 0 Å². The predicted molar refractivity (Wildman–Crippen MR) is 71.0 cm³/mol. The molecule has 1 N–H and O–H groups in total. The third-order valence-corrected chi connectivity index (χ3v) is 2.46. The molecule has 1 aromatic heterocycles. The summed E-state index contributed by atoms with van der Waals surface area (Å²) in [5.41, 5.74) is 0.496. The fourth-order valence-corrected chi connectivity index (χ4v) is 1.52. The predicted octanol–water partition coefficient (Wildman–Crippen LogP) is 2.64. The van der Waals surface area contributed by atoms with Crippen molar-refractivity contribution < 1.29 is 19.1 Å². The number of aromatic nitrogens is 1. The molecule has 1 aromatic rings. The van der Waals surface area contributed by atoms with Crippen LogP contribution in [-0.2, 0) is 14.3 Å². The van der Waals surface area contributed by atoms with Crippen molar-refractivity contribution in [1.82, 2.24) is 4.98 Å². The van der Waals surface area contributed by atoms with Gasteiger partial charge in [0.1, 0.15) is 11.3 Å². The molecule has 1 heterocycles. The number of esters is 2. The molecule has 19 heavy (non-hydrogen) atoms. The highest BCUT2D eigenvalue weighted by molar-refractivity contribution is 5.88. The lowest BCUT2D eigenvalue weighted by atomic mass is 10.1. The van der Waals surface area contributed by atoms with Gasteiger partial charge in [0.15, 0.2) is 0 Å². The summed E-state index contributed by atoms with van der Waals surface area (Å²) in [5, 5.41) is 0. The van der Waals surface area contributed by atoms with E-state index in [0.717, 1.165) is 0 Å². The molecule has 1 unspecified atom stereocenters. The van der Waals surface area contributed by atoms with Crippen molar-refractivity contribution in [1.29, 1.82) is 0 Å². The van der Waals surface area contributed by atoms with Crippen molar-refractivity contribution in [2.75, 3.05) is 6.61 Å².